The average Bonchev–Trinajstić information content (AvgIpc) is 3.75. The zero-order chi connectivity index (χ0) is 28.7. The lowest BCUT2D eigenvalue weighted by atomic mass is 10.1. The lowest BCUT2D eigenvalue weighted by molar-refractivity contribution is -0.135. The molecule has 3 aromatic heterocycles. The summed E-state index contributed by atoms with van der Waals surface area (Å²) in [6.45, 7) is 5.46. The maximum Gasteiger partial charge on any atom is 0.238 e. The van der Waals surface area contributed by atoms with Gasteiger partial charge in [-0.1, -0.05) is 11.3 Å². The fourth-order valence-electron chi connectivity index (χ4n) is 5.39. The monoisotopic (exact) mass is 578 g/mol. The number of carbonyl (C=O) groups excluding carboxylic acids is 1. The highest BCUT2D eigenvalue weighted by Gasteiger charge is 2.31. The molecule has 0 aliphatic carbocycles. The van der Waals surface area contributed by atoms with Gasteiger partial charge < -0.3 is 19.4 Å². The summed E-state index contributed by atoms with van der Waals surface area (Å²) >= 11 is 1.21. The number of pyridine rings is 1. The topological polar surface area (TPSA) is 103 Å². The number of aromatic nitrogens is 4. The molecule has 0 N–H and O–H groups in total. The predicted molar refractivity (Wildman–Crippen MR) is 151 cm³/mol. The first-order valence-corrected chi connectivity index (χ1v) is 14.3. The van der Waals surface area contributed by atoms with Crippen molar-refractivity contribution in [1.29, 1.82) is 5.26 Å². The van der Waals surface area contributed by atoms with Crippen LogP contribution in [0.5, 0.6) is 0 Å². The standard InChI is InChI=1S/C28H28F2N8O2S/c1-3-38-26(35(2)28-32-23(22(15-31)41-28)17-4-6-19(29)7-5-17)20-14-21(24(30)33-25(20)34-38)36-9-11-37(12-10-36)27(39)18-8-13-40-16-18/h4-7,14,18H,3,8-13,16H2,1-2H3/t18-/m0/s1. The fraction of sp³-hybridized carbons (Fsp3) is 0.393. The van der Waals surface area contributed by atoms with E-state index in [4.69, 9.17) is 9.72 Å². The summed E-state index contributed by atoms with van der Waals surface area (Å²) in [4.78, 5) is 27.7. The Morgan fingerprint density at radius 1 is 1.20 bits per heavy atom. The van der Waals surface area contributed by atoms with E-state index in [0.717, 1.165) is 6.42 Å². The Hall–Kier alpha value is -4.15. The lowest BCUT2D eigenvalue weighted by Crippen LogP contribution is -2.50. The number of aryl methyl sites for hydroxylation is 1. The molecule has 13 heteroatoms. The van der Waals surface area contributed by atoms with E-state index in [2.05, 4.69) is 16.2 Å². The Bertz CT molecular complexity index is 1630. The second kappa shape index (κ2) is 11.0. The molecule has 0 bridgehead atoms. The van der Waals surface area contributed by atoms with Crippen LogP contribution in [-0.2, 0) is 16.1 Å². The minimum atomic E-state index is -0.615. The van der Waals surface area contributed by atoms with Crippen molar-refractivity contribution in [3.05, 3.63) is 47.0 Å². The molecule has 0 saturated carbocycles. The van der Waals surface area contributed by atoms with Crippen LogP contribution in [-0.4, -0.2) is 77.0 Å². The maximum atomic E-state index is 15.3. The summed E-state index contributed by atoms with van der Waals surface area (Å²) in [7, 11) is 1.82. The minimum Gasteiger partial charge on any atom is -0.381 e. The summed E-state index contributed by atoms with van der Waals surface area (Å²) in [5.74, 6) is -0.314. The third-order valence-corrected chi connectivity index (χ3v) is 8.62. The van der Waals surface area contributed by atoms with Crippen molar-refractivity contribution in [1.82, 2.24) is 24.6 Å². The number of benzene rings is 1. The molecule has 1 aromatic carbocycles. The van der Waals surface area contributed by atoms with Gasteiger partial charge in [0.05, 0.1) is 23.6 Å². The van der Waals surface area contributed by atoms with Gasteiger partial charge in [-0.2, -0.15) is 19.7 Å². The molecule has 10 nitrogen and oxygen atoms in total. The lowest BCUT2D eigenvalue weighted by Gasteiger charge is -2.37. The van der Waals surface area contributed by atoms with E-state index in [-0.39, 0.29) is 23.3 Å². The first-order valence-electron chi connectivity index (χ1n) is 13.5. The highest BCUT2D eigenvalue weighted by atomic mass is 32.1. The number of halogens is 2. The van der Waals surface area contributed by atoms with Crippen LogP contribution in [0.3, 0.4) is 0 Å². The highest BCUT2D eigenvalue weighted by molar-refractivity contribution is 7.16. The maximum absolute atomic E-state index is 15.3. The molecule has 2 aliphatic heterocycles. The van der Waals surface area contributed by atoms with Crippen molar-refractivity contribution in [2.45, 2.75) is 19.9 Å². The quantitative estimate of drug-likeness (QED) is 0.314. The van der Waals surface area contributed by atoms with Crippen LogP contribution in [0.1, 0.15) is 18.2 Å². The molecule has 41 heavy (non-hydrogen) atoms. The fourth-order valence-corrected chi connectivity index (χ4v) is 6.23. The van der Waals surface area contributed by atoms with E-state index >= 15 is 4.39 Å². The zero-order valence-electron chi connectivity index (χ0n) is 22.7. The smallest absolute Gasteiger partial charge is 0.238 e. The van der Waals surface area contributed by atoms with Gasteiger partial charge in [0, 0.05) is 51.9 Å². The van der Waals surface area contributed by atoms with E-state index < -0.39 is 5.95 Å². The summed E-state index contributed by atoms with van der Waals surface area (Å²) < 4.78 is 35.9. The van der Waals surface area contributed by atoms with Gasteiger partial charge >= 0.3 is 0 Å². The summed E-state index contributed by atoms with van der Waals surface area (Å²) in [5, 5.41) is 15.5. The second-order valence-corrected chi connectivity index (χ2v) is 11.0. The number of hydrogen-bond acceptors (Lipinski definition) is 9. The van der Waals surface area contributed by atoms with Gasteiger partial charge in [-0.25, -0.2) is 14.1 Å². The number of piperazine rings is 1. The van der Waals surface area contributed by atoms with Crippen molar-refractivity contribution in [3.8, 4) is 17.3 Å². The second-order valence-electron chi connectivity index (χ2n) is 10.0. The first kappa shape index (κ1) is 27.0. The number of nitriles is 1. The number of anilines is 3. The number of fused-ring (bicyclic) bond motifs is 1. The van der Waals surface area contributed by atoms with E-state index in [0.29, 0.717) is 84.1 Å². The van der Waals surface area contributed by atoms with Crippen molar-refractivity contribution < 1.29 is 18.3 Å². The van der Waals surface area contributed by atoms with Gasteiger partial charge in [0.1, 0.15) is 28.3 Å². The molecule has 212 valence electrons. The number of rotatable bonds is 6. The largest absolute Gasteiger partial charge is 0.381 e. The SMILES string of the molecule is CCn1nc2nc(F)c(N3CCN(C(=O)[C@H]4CCOC4)CC3)cc2c1N(C)c1nc(-c2ccc(F)cc2)c(C#N)s1. The van der Waals surface area contributed by atoms with Gasteiger partial charge in [-0.15, -0.1) is 0 Å². The van der Waals surface area contributed by atoms with E-state index in [9.17, 15) is 14.4 Å². The van der Waals surface area contributed by atoms with Crippen molar-refractivity contribution in [2.24, 2.45) is 5.92 Å². The predicted octanol–water partition coefficient (Wildman–Crippen LogP) is 4.18. The summed E-state index contributed by atoms with van der Waals surface area (Å²) in [5.41, 5.74) is 1.72. The number of carbonyl (C=O) groups is 1. The van der Waals surface area contributed by atoms with Crippen LogP contribution in [0.15, 0.2) is 30.3 Å². The van der Waals surface area contributed by atoms with Crippen molar-refractivity contribution in [3.63, 3.8) is 0 Å². The first-order chi connectivity index (χ1) is 19.9. The van der Waals surface area contributed by atoms with Gasteiger partial charge in [0.2, 0.25) is 11.9 Å². The van der Waals surface area contributed by atoms with Gasteiger partial charge in [0.15, 0.2) is 10.8 Å². The van der Waals surface area contributed by atoms with Gasteiger partial charge in [-0.05, 0) is 43.7 Å². The average molecular weight is 579 g/mol. The van der Waals surface area contributed by atoms with E-state index in [1.54, 1.807) is 22.9 Å². The van der Waals surface area contributed by atoms with Crippen LogP contribution in [0.2, 0.25) is 0 Å². The van der Waals surface area contributed by atoms with Crippen LogP contribution in [0.4, 0.5) is 25.4 Å². The molecule has 0 radical (unpaired) electrons. The molecule has 1 amide bonds. The van der Waals surface area contributed by atoms with Gasteiger partial charge in [0.25, 0.3) is 0 Å². The van der Waals surface area contributed by atoms with Crippen LogP contribution in [0, 0.1) is 29.0 Å². The highest BCUT2D eigenvalue weighted by Crippen LogP contribution is 2.39. The molecule has 0 spiro atoms. The third kappa shape index (κ3) is 4.98. The van der Waals surface area contributed by atoms with Crippen molar-refractivity contribution >= 4 is 44.9 Å². The molecular weight excluding hydrogens is 550 g/mol. The molecule has 5 heterocycles. The molecule has 1 atom stereocenters. The third-order valence-electron chi connectivity index (χ3n) is 7.59. The van der Waals surface area contributed by atoms with Crippen LogP contribution in [0.25, 0.3) is 22.3 Å². The van der Waals surface area contributed by atoms with E-state index in [1.807, 2.05) is 28.7 Å². The Morgan fingerprint density at radius 2 is 1.95 bits per heavy atom. The number of hydrogen-bond donors (Lipinski definition) is 0. The molecule has 2 fully saturated rings. The Morgan fingerprint density at radius 3 is 2.61 bits per heavy atom. The normalized spacial score (nSPS) is 17.3. The Labute approximate surface area is 239 Å². The number of ether oxygens (including phenoxy) is 1. The minimum absolute atomic E-state index is 0.0923. The molecule has 2 aliphatic rings. The van der Waals surface area contributed by atoms with Crippen LogP contribution < -0.4 is 9.80 Å². The number of nitrogens with zero attached hydrogens (tertiary/aromatic N) is 8. The molecular formula is C28H28F2N8O2S. The molecule has 2 saturated heterocycles. The zero-order valence-corrected chi connectivity index (χ0v) is 23.5. The Kier molecular flexibility index (Phi) is 7.27. The molecule has 4 aromatic rings. The summed E-state index contributed by atoms with van der Waals surface area (Å²) in [6, 6.07) is 9.80. The van der Waals surface area contributed by atoms with Crippen molar-refractivity contribution in [2.75, 3.05) is 56.2 Å². The summed E-state index contributed by atoms with van der Waals surface area (Å²) in [6.07, 6.45) is 0.742. The van der Waals surface area contributed by atoms with Gasteiger partial charge in [-0.3, -0.25) is 4.79 Å². The number of thiazole rings is 1. The van der Waals surface area contributed by atoms with E-state index in [1.165, 1.54) is 23.5 Å². The molecule has 6 rings (SSSR count). The Balaban J connectivity index is 1.31. The molecule has 0 unspecified atom stereocenters. The number of amides is 1. The van der Waals surface area contributed by atoms with Crippen LogP contribution >= 0.6 is 11.3 Å².